The second-order valence-electron chi connectivity index (χ2n) is 3.94. The van der Waals surface area contributed by atoms with Crippen molar-refractivity contribution >= 4 is 26.8 Å². The topological polar surface area (TPSA) is 25.2 Å². The first-order valence-electron chi connectivity index (χ1n) is 4.99. The van der Waals surface area contributed by atoms with Crippen LogP contribution < -0.4 is 0 Å². The molecule has 1 aromatic heterocycles. The highest BCUT2D eigenvalue weighted by molar-refractivity contribution is 9.10. The van der Waals surface area contributed by atoms with E-state index in [1.54, 1.807) is 0 Å². The van der Waals surface area contributed by atoms with Crippen LogP contribution in [0.3, 0.4) is 0 Å². The normalized spacial score (nSPS) is 13.3. The van der Waals surface area contributed by atoms with E-state index in [9.17, 15) is 5.11 Å². The molecule has 0 spiro atoms. The SMILES string of the molecule is CC(CO)c1cn(C)c2ccc(Br)cc12. The highest BCUT2D eigenvalue weighted by atomic mass is 79.9. The second kappa shape index (κ2) is 3.99. The van der Waals surface area contributed by atoms with Crippen molar-refractivity contribution in [2.75, 3.05) is 6.61 Å². The van der Waals surface area contributed by atoms with Crippen LogP contribution in [0, 0.1) is 0 Å². The van der Waals surface area contributed by atoms with E-state index in [0.29, 0.717) is 0 Å². The first-order chi connectivity index (χ1) is 7.13. The Morgan fingerprint density at radius 1 is 1.47 bits per heavy atom. The van der Waals surface area contributed by atoms with Crippen LogP contribution in [0.15, 0.2) is 28.9 Å². The lowest BCUT2D eigenvalue weighted by molar-refractivity contribution is 0.273. The third-order valence-electron chi connectivity index (χ3n) is 2.79. The third-order valence-corrected chi connectivity index (χ3v) is 3.28. The van der Waals surface area contributed by atoms with Gasteiger partial charge in [0.1, 0.15) is 0 Å². The first-order valence-corrected chi connectivity index (χ1v) is 5.78. The summed E-state index contributed by atoms with van der Waals surface area (Å²) >= 11 is 3.48. The molecule has 1 N–H and O–H groups in total. The molecule has 0 aliphatic carbocycles. The predicted octanol–water partition coefficient (Wildman–Crippen LogP) is 3.04. The third kappa shape index (κ3) is 1.82. The van der Waals surface area contributed by atoms with E-state index < -0.39 is 0 Å². The number of fused-ring (bicyclic) bond motifs is 1. The van der Waals surface area contributed by atoms with Crippen molar-refractivity contribution in [2.45, 2.75) is 12.8 Å². The number of hydrogen-bond donors (Lipinski definition) is 1. The van der Waals surface area contributed by atoms with E-state index in [0.717, 1.165) is 4.47 Å². The zero-order valence-electron chi connectivity index (χ0n) is 8.87. The summed E-state index contributed by atoms with van der Waals surface area (Å²) in [5.41, 5.74) is 2.41. The number of hydrogen-bond acceptors (Lipinski definition) is 1. The lowest BCUT2D eigenvalue weighted by atomic mass is 10.0. The van der Waals surface area contributed by atoms with Gasteiger partial charge in [-0.2, -0.15) is 0 Å². The zero-order chi connectivity index (χ0) is 11.0. The molecule has 1 heterocycles. The maximum Gasteiger partial charge on any atom is 0.0497 e. The fraction of sp³-hybridized carbons (Fsp3) is 0.333. The number of rotatable bonds is 2. The van der Waals surface area contributed by atoms with E-state index in [1.165, 1.54) is 16.5 Å². The zero-order valence-corrected chi connectivity index (χ0v) is 10.5. The van der Waals surface area contributed by atoms with Gasteiger partial charge in [-0.15, -0.1) is 0 Å². The van der Waals surface area contributed by atoms with E-state index in [2.05, 4.69) is 38.8 Å². The van der Waals surface area contributed by atoms with Crippen LogP contribution in [0.25, 0.3) is 10.9 Å². The molecule has 2 aromatic rings. The number of benzene rings is 1. The van der Waals surface area contributed by atoms with E-state index >= 15 is 0 Å². The summed E-state index contributed by atoms with van der Waals surface area (Å²) in [7, 11) is 2.03. The van der Waals surface area contributed by atoms with Gasteiger partial charge in [-0.3, -0.25) is 0 Å². The number of halogens is 1. The van der Waals surface area contributed by atoms with Crippen molar-refractivity contribution in [3.8, 4) is 0 Å². The average Bonchev–Trinajstić information content (AvgIpc) is 2.54. The maximum absolute atomic E-state index is 9.21. The molecule has 0 radical (unpaired) electrons. The summed E-state index contributed by atoms with van der Waals surface area (Å²) in [6.45, 7) is 2.22. The van der Waals surface area contributed by atoms with Crippen LogP contribution in [0.1, 0.15) is 18.4 Å². The Kier molecular flexibility index (Phi) is 2.85. The highest BCUT2D eigenvalue weighted by Crippen LogP contribution is 2.29. The van der Waals surface area contributed by atoms with Crippen LogP contribution in [0.2, 0.25) is 0 Å². The molecular formula is C12H14BrNO. The molecule has 0 aliphatic heterocycles. The summed E-state index contributed by atoms with van der Waals surface area (Å²) in [6.07, 6.45) is 2.10. The number of nitrogens with zero attached hydrogens (tertiary/aromatic N) is 1. The Labute approximate surface area is 97.7 Å². The molecule has 1 unspecified atom stereocenters. The number of aliphatic hydroxyl groups is 1. The standard InChI is InChI=1S/C12H14BrNO/c1-8(7-15)11-6-14(2)12-4-3-9(13)5-10(11)12/h3-6,8,15H,7H2,1-2H3. The van der Waals surface area contributed by atoms with Crippen molar-refractivity contribution in [3.05, 3.63) is 34.4 Å². The molecule has 0 saturated heterocycles. The molecule has 0 bridgehead atoms. The lowest BCUT2D eigenvalue weighted by Gasteiger charge is -2.05. The van der Waals surface area contributed by atoms with Gasteiger partial charge in [-0.05, 0) is 23.8 Å². The Hall–Kier alpha value is -0.800. The van der Waals surface area contributed by atoms with Crippen LogP contribution in [-0.4, -0.2) is 16.3 Å². The van der Waals surface area contributed by atoms with Crippen LogP contribution in [0.4, 0.5) is 0 Å². The minimum Gasteiger partial charge on any atom is -0.396 e. The van der Waals surface area contributed by atoms with Crippen LogP contribution in [-0.2, 0) is 7.05 Å². The molecule has 1 atom stereocenters. The molecule has 3 heteroatoms. The van der Waals surface area contributed by atoms with Crippen molar-refractivity contribution in [3.63, 3.8) is 0 Å². The molecule has 0 aliphatic rings. The second-order valence-corrected chi connectivity index (χ2v) is 4.86. The summed E-state index contributed by atoms with van der Waals surface area (Å²) in [4.78, 5) is 0. The van der Waals surface area contributed by atoms with E-state index in [1.807, 2.05) is 20.0 Å². The molecule has 1 aromatic carbocycles. The van der Waals surface area contributed by atoms with E-state index in [-0.39, 0.29) is 12.5 Å². The van der Waals surface area contributed by atoms with Gasteiger partial charge >= 0.3 is 0 Å². The summed E-state index contributed by atoms with van der Waals surface area (Å²) < 4.78 is 3.18. The predicted molar refractivity (Wildman–Crippen MR) is 66.1 cm³/mol. The molecule has 15 heavy (non-hydrogen) atoms. The maximum atomic E-state index is 9.21. The van der Waals surface area contributed by atoms with Crippen molar-refractivity contribution in [1.82, 2.24) is 4.57 Å². The van der Waals surface area contributed by atoms with Gasteiger partial charge in [-0.1, -0.05) is 22.9 Å². The van der Waals surface area contributed by atoms with Gasteiger partial charge in [0.15, 0.2) is 0 Å². The Morgan fingerprint density at radius 2 is 2.20 bits per heavy atom. The number of aryl methyl sites for hydroxylation is 1. The monoisotopic (exact) mass is 267 g/mol. The summed E-state index contributed by atoms with van der Waals surface area (Å²) in [5, 5.41) is 10.4. The Morgan fingerprint density at radius 3 is 2.87 bits per heavy atom. The van der Waals surface area contributed by atoms with Gasteiger partial charge in [0.05, 0.1) is 0 Å². The van der Waals surface area contributed by atoms with Gasteiger partial charge in [-0.25, -0.2) is 0 Å². The summed E-state index contributed by atoms with van der Waals surface area (Å²) in [5.74, 6) is 0.183. The molecule has 2 nitrogen and oxygen atoms in total. The quantitative estimate of drug-likeness (QED) is 0.889. The fourth-order valence-corrected chi connectivity index (χ4v) is 2.25. The number of aliphatic hydroxyl groups excluding tert-OH is 1. The molecule has 80 valence electrons. The first kappa shape index (κ1) is 10.7. The lowest BCUT2D eigenvalue weighted by Crippen LogP contribution is -1.97. The van der Waals surface area contributed by atoms with Gasteiger partial charge in [0, 0.05) is 41.1 Å². The highest BCUT2D eigenvalue weighted by Gasteiger charge is 2.12. The minimum absolute atomic E-state index is 0.183. The molecule has 0 saturated carbocycles. The van der Waals surface area contributed by atoms with Crippen molar-refractivity contribution in [1.29, 1.82) is 0 Å². The smallest absolute Gasteiger partial charge is 0.0497 e. The van der Waals surface area contributed by atoms with Crippen LogP contribution >= 0.6 is 15.9 Å². The molecule has 0 amide bonds. The molecular weight excluding hydrogens is 254 g/mol. The molecule has 2 rings (SSSR count). The number of aromatic nitrogens is 1. The largest absolute Gasteiger partial charge is 0.396 e. The van der Waals surface area contributed by atoms with Gasteiger partial charge in [0.2, 0.25) is 0 Å². The van der Waals surface area contributed by atoms with E-state index in [4.69, 9.17) is 0 Å². The fourth-order valence-electron chi connectivity index (χ4n) is 1.89. The van der Waals surface area contributed by atoms with Gasteiger partial charge in [0.25, 0.3) is 0 Å². The Bertz CT molecular complexity index is 490. The Balaban J connectivity index is 2.69. The average molecular weight is 268 g/mol. The van der Waals surface area contributed by atoms with Crippen molar-refractivity contribution < 1.29 is 5.11 Å². The summed E-state index contributed by atoms with van der Waals surface area (Å²) in [6, 6.07) is 6.24. The van der Waals surface area contributed by atoms with Crippen molar-refractivity contribution in [2.24, 2.45) is 7.05 Å². The minimum atomic E-state index is 0.183. The van der Waals surface area contributed by atoms with Crippen LogP contribution in [0.5, 0.6) is 0 Å². The van der Waals surface area contributed by atoms with Gasteiger partial charge < -0.3 is 9.67 Å². The molecule has 0 fully saturated rings.